The molecule has 2 aromatic rings. The largest absolute Gasteiger partial charge is 0.398 e. The van der Waals surface area contributed by atoms with E-state index in [1.807, 2.05) is 0 Å². The Morgan fingerprint density at radius 2 is 1.95 bits per heavy atom. The molecule has 6 nitrogen and oxygen atoms in total. The molecular weight excluding hydrogens is 264 g/mol. The monoisotopic (exact) mass is 278 g/mol. The van der Waals surface area contributed by atoms with Crippen LogP contribution in [0.4, 0.5) is 11.5 Å². The lowest BCUT2D eigenvalue weighted by Gasteiger charge is -2.12. The van der Waals surface area contributed by atoms with E-state index in [0.717, 1.165) is 5.56 Å². The highest BCUT2D eigenvalue weighted by molar-refractivity contribution is 7.92. The van der Waals surface area contributed by atoms with Gasteiger partial charge in [-0.1, -0.05) is 0 Å². The fraction of sp³-hybridized carbons (Fsp3) is 0.167. The minimum absolute atomic E-state index is 0.149. The molecule has 0 radical (unpaired) electrons. The van der Waals surface area contributed by atoms with Crippen LogP contribution in [0.2, 0.25) is 0 Å². The molecule has 1 aromatic heterocycles. The summed E-state index contributed by atoms with van der Waals surface area (Å²) in [5.74, 6) is 0.168. The third-order valence-corrected chi connectivity index (χ3v) is 4.12. The first-order valence-corrected chi connectivity index (χ1v) is 7.04. The average molecular weight is 278 g/mol. The number of aryl methyl sites for hydroxylation is 1. The molecule has 2 rings (SSSR count). The van der Waals surface area contributed by atoms with Crippen molar-refractivity contribution < 1.29 is 8.42 Å². The summed E-state index contributed by atoms with van der Waals surface area (Å²) in [6.07, 6.45) is 4.22. The number of nitrogens with one attached hydrogen (secondary N) is 1. The van der Waals surface area contributed by atoms with Gasteiger partial charge in [0.2, 0.25) is 0 Å². The Balaban J connectivity index is 2.46. The predicted octanol–water partition coefficient (Wildman–Crippen LogP) is 1.48. The highest BCUT2D eigenvalue weighted by Crippen LogP contribution is 2.24. The van der Waals surface area contributed by atoms with Gasteiger partial charge in [0.05, 0.1) is 11.1 Å². The van der Waals surface area contributed by atoms with Crippen LogP contribution in [0.25, 0.3) is 0 Å². The Morgan fingerprint density at radius 3 is 2.58 bits per heavy atom. The van der Waals surface area contributed by atoms with E-state index >= 15 is 0 Å². The van der Waals surface area contributed by atoms with Crippen LogP contribution in [0.15, 0.2) is 35.6 Å². The number of nitrogens with two attached hydrogens (primary N) is 1. The second kappa shape index (κ2) is 4.85. The van der Waals surface area contributed by atoms with Crippen LogP contribution in [0.5, 0.6) is 0 Å². The molecule has 19 heavy (non-hydrogen) atoms. The van der Waals surface area contributed by atoms with E-state index in [9.17, 15) is 8.42 Å². The van der Waals surface area contributed by atoms with Gasteiger partial charge >= 0.3 is 0 Å². The summed E-state index contributed by atoms with van der Waals surface area (Å²) >= 11 is 0. The van der Waals surface area contributed by atoms with Gasteiger partial charge < -0.3 is 5.73 Å². The molecule has 100 valence electrons. The molecule has 0 amide bonds. The lowest BCUT2D eigenvalue weighted by molar-refractivity contribution is 0.600. The van der Waals surface area contributed by atoms with Crippen molar-refractivity contribution in [3.05, 3.63) is 41.9 Å². The molecule has 0 spiro atoms. The van der Waals surface area contributed by atoms with Gasteiger partial charge in [-0.25, -0.2) is 13.4 Å². The Kier molecular flexibility index (Phi) is 3.39. The van der Waals surface area contributed by atoms with Crippen LogP contribution in [0.1, 0.15) is 11.1 Å². The van der Waals surface area contributed by atoms with Crippen LogP contribution in [0, 0.1) is 13.8 Å². The van der Waals surface area contributed by atoms with Gasteiger partial charge in [0.15, 0.2) is 5.82 Å². The summed E-state index contributed by atoms with van der Waals surface area (Å²) in [6, 6.07) is 3.31. The topological polar surface area (TPSA) is 98.0 Å². The zero-order valence-corrected chi connectivity index (χ0v) is 11.4. The molecule has 0 aliphatic heterocycles. The summed E-state index contributed by atoms with van der Waals surface area (Å²) in [5.41, 5.74) is 7.53. The highest BCUT2D eigenvalue weighted by atomic mass is 32.2. The average Bonchev–Trinajstić information content (AvgIpc) is 2.34. The number of rotatable bonds is 3. The first-order valence-electron chi connectivity index (χ1n) is 5.56. The summed E-state index contributed by atoms with van der Waals surface area (Å²) in [5, 5.41) is 0. The number of sulfonamides is 1. The molecule has 0 fully saturated rings. The molecule has 1 heterocycles. The van der Waals surface area contributed by atoms with Crippen molar-refractivity contribution in [1.29, 1.82) is 0 Å². The third-order valence-electron chi connectivity index (χ3n) is 2.64. The first kappa shape index (κ1) is 13.3. The van der Waals surface area contributed by atoms with Crippen molar-refractivity contribution in [2.45, 2.75) is 18.7 Å². The molecule has 0 aliphatic rings. The summed E-state index contributed by atoms with van der Waals surface area (Å²) in [4.78, 5) is 7.83. The molecule has 3 N–H and O–H groups in total. The van der Waals surface area contributed by atoms with E-state index in [-0.39, 0.29) is 10.7 Å². The maximum atomic E-state index is 12.3. The fourth-order valence-corrected chi connectivity index (χ4v) is 3.03. The van der Waals surface area contributed by atoms with Crippen molar-refractivity contribution in [3.8, 4) is 0 Å². The van der Waals surface area contributed by atoms with Gasteiger partial charge in [-0.3, -0.25) is 9.71 Å². The Morgan fingerprint density at radius 1 is 1.21 bits per heavy atom. The van der Waals surface area contributed by atoms with E-state index in [0.29, 0.717) is 11.3 Å². The SMILES string of the molecule is Cc1cc(N)c(C)c(S(=O)(=O)Nc2cnccn2)c1. The van der Waals surface area contributed by atoms with Gasteiger partial charge in [-0.05, 0) is 37.1 Å². The molecule has 0 unspecified atom stereocenters. The molecule has 7 heteroatoms. The zero-order chi connectivity index (χ0) is 14.0. The molecule has 1 aromatic carbocycles. The Bertz CT molecular complexity index is 699. The van der Waals surface area contributed by atoms with Crippen molar-refractivity contribution in [2.75, 3.05) is 10.5 Å². The molecule has 0 atom stereocenters. The number of hydrogen-bond acceptors (Lipinski definition) is 5. The van der Waals surface area contributed by atoms with Crippen molar-refractivity contribution in [2.24, 2.45) is 0 Å². The van der Waals surface area contributed by atoms with Gasteiger partial charge in [-0.15, -0.1) is 0 Å². The predicted molar refractivity (Wildman–Crippen MR) is 73.2 cm³/mol. The van der Waals surface area contributed by atoms with Crippen molar-refractivity contribution >= 4 is 21.5 Å². The number of hydrogen-bond donors (Lipinski definition) is 2. The quantitative estimate of drug-likeness (QED) is 0.829. The number of anilines is 2. The van der Waals surface area contributed by atoms with Crippen LogP contribution >= 0.6 is 0 Å². The highest BCUT2D eigenvalue weighted by Gasteiger charge is 2.19. The minimum atomic E-state index is -3.72. The van der Waals surface area contributed by atoms with E-state index in [1.54, 1.807) is 26.0 Å². The fourth-order valence-electron chi connectivity index (χ4n) is 1.68. The van der Waals surface area contributed by atoms with Crippen molar-refractivity contribution in [3.63, 3.8) is 0 Å². The van der Waals surface area contributed by atoms with Crippen LogP contribution in [-0.2, 0) is 10.0 Å². The van der Waals surface area contributed by atoms with E-state index < -0.39 is 10.0 Å². The number of aromatic nitrogens is 2. The molecular formula is C12H14N4O2S. The smallest absolute Gasteiger partial charge is 0.263 e. The van der Waals surface area contributed by atoms with Crippen LogP contribution in [-0.4, -0.2) is 18.4 Å². The number of nitrogen functional groups attached to an aromatic ring is 1. The Hall–Kier alpha value is -2.15. The van der Waals surface area contributed by atoms with E-state index in [4.69, 9.17) is 5.73 Å². The normalized spacial score (nSPS) is 11.3. The maximum absolute atomic E-state index is 12.3. The second-order valence-corrected chi connectivity index (χ2v) is 5.82. The molecule has 0 saturated carbocycles. The van der Waals surface area contributed by atoms with Gasteiger partial charge in [-0.2, -0.15) is 0 Å². The van der Waals surface area contributed by atoms with Gasteiger partial charge in [0.25, 0.3) is 10.0 Å². The first-order chi connectivity index (χ1) is 8.90. The minimum Gasteiger partial charge on any atom is -0.398 e. The molecule has 0 aliphatic carbocycles. The van der Waals surface area contributed by atoms with Crippen LogP contribution < -0.4 is 10.5 Å². The Labute approximate surface area is 111 Å². The molecule has 0 saturated heterocycles. The number of nitrogens with zero attached hydrogens (tertiary/aromatic N) is 2. The molecule has 0 bridgehead atoms. The van der Waals surface area contributed by atoms with E-state index in [1.165, 1.54) is 18.6 Å². The van der Waals surface area contributed by atoms with Gasteiger partial charge in [0.1, 0.15) is 0 Å². The lowest BCUT2D eigenvalue weighted by atomic mass is 10.1. The van der Waals surface area contributed by atoms with E-state index in [2.05, 4.69) is 14.7 Å². The van der Waals surface area contributed by atoms with Gasteiger partial charge in [0, 0.05) is 18.1 Å². The summed E-state index contributed by atoms with van der Waals surface area (Å²) < 4.78 is 27.0. The summed E-state index contributed by atoms with van der Waals surface area (Å²) in [6.45, 7) is 3.46. The standard InChI is InChI=1S/C12H14N4O2S/c1-8-5-10(13)9(2)11(6-8)19(17,18)16-12-7-14-3-4-15-12/h3-7H,13H2,1-2H3,(H,15,16). The maximum Gasteiger partial charge on any atom is 0.263 e. The zero-order valence-electron chi connectivity index (χ0n) is 10.6. The second-order valence-electron chi connectivity index (χ2n) is 4.17. The van der Waals surface area contributed by atoms with Crippen molar-refractivity contribution in [1.82, 2.24) is 9.97 Å². The van der Waals surface area contributed by atoms with Crippen LogP contribution in [0.3, 0.4) is 0 Å². The summed E-state index contributed by atoms with van der Waals surface area (Å²) in [7, 11) is -3.72. The third kappa shape index (κ3) is 2.82. The number of benzene rings is 1. The lowest BCUT2D eigenvalue weighted by Crippen LogP contribution is -2.16.